The van der Waals surface area contributed by atoms with E-state index >= 15 is 0 Å². The van der Waals surface area contributed by atoms with Gasteiger partial charge < -0.3 is 9.47 Å². The molecule has 0 aliphatic heterocycles. The van der Waals surface area contributed by atoms with Gasteiger partial charge >= 0.3 is 5.97 Å². The largest absolute Gasteiger partial charge is 0.495 e. The van der Waals surface area contributed by atoms with Crippen LogP contribution in [-0.2, 0) is 19.6 Å². The number of methoxy groups -OCH3 is 1. The van der Waals surface area contributed by atoms with Crippen molar-refractivity contribution in [3.63, 3.8) is 0 Å². The van der Waals surface area contributed by atoms with Gasteiger partial charge in [-0.3, -0.25) is 9.52 Å². The number of carbonyl (C=O) groups is 1. The van der Waals surface area contributed by atoms with Crippen molar-refractivity contribution in [1.29, 1.82) is 0 Å². The number of rotatable bonds is 7. The highest BCUT2D eigenvalue weighted by Gasteiger charge is 2.16. The van der Waals surface area contributed by atoms with Crippen molar-refractivity contribution in [1.82, 2.24) is 0 Å². The summed E-state index contributed by atoms with van der Waals surface area (Å²) in [7, 11) is -2.20. The van der Waals surface area contributed by atoms with Crippen molar-refractivity contribution in [3.8, 4) is 5.75 Å². The molecule has 6 nitrogen and oxygen atoms in total. The number of hydrogen-bond donors (Lipinski definition) is 1. The van der Waals surface area contributed by atoms with Crippen molar-refractivity contribution in [3.05, 3.63) is 22.7 Å². The summed E-state index contributed by atoms with van der Waals surface area (Å²) in [5.41, 5.74) is 0.311. The number of nitrogens with one attached hydrogen (secondary N) is 1. The van der Waals surface area contributed by atoms with Crippen LogP contribution in [0.3, 0.4) is 0 Å². The van der Waals surface area contributed by atoms with Crippen LogP contribution in [0.25, 0.3) is 0 Å². The number of ether oxygens (including phenoxy) is 2. The highest BCUT2D eigenvalue weighted by molar-refractivity contribution is 9.10. The topological polar surface area (TPSA) is 81.7 Å². The molecule has 0 spiro atoms. The monoisotopic (exact) mass is 365 g/mol. The molecule has 0 saturated carbocycles. The summed E-state index contributed by atoms with van der Waals surface area (Å²) >= 11 is 3.25. The summed E-state index contributed by atoms with van der Waals surface area (Å²) in [5, 5.41) is 0. The number of benzene rings is 1. The Morgan fingerprint density at radius 1 is 1.40 bits per heavy atom. The molecule has 0 fully saturated rings. The first-order chi connectivity index (χ1) is 9.38. The summed E-state index contributed by atoms with van der Waals surface area (Å²) in [5.74, 6) is -0.492. The van der Waals surface area contributed by atoms with Gasteiger partial charge in [-0.1, -0.05) is 15.9 Å². The van der Waals surface area contributed by atoms with Gasteiger partial charge in [-0.05, 0) is 25.1 Å². The quantitative estimate of drug-likeness (QED) is 0.748. The van der Waals surface area contributed by atoms with Crippen LogP contribution in [0.15, 0.2) is 22.7 Å². The summed E-state index contributed by atoms with van der Waals surface area (Å²) in [4.78, 5) is 11.2. The van der Waals surface area contributed by atoms with Gasteiger partial charge in [0, 0.05) is 4.47 Å². The molecule has 0 aromatic heterocycles. The first-order valence-electron chi connectivity index (χ1n) is 5.87. The molecule has 0 atom stereocenters. The Balaban J connectivity index is 2.76. The fourth-order valence-corrected chi connectivity index (χ4v) is 2.82. The molecule has 1 rings (SSSR count). The van der Waals surface area contributed by atoms with Crippen LogP contribution in [-0.4, -0.2) is 33.9 Å². The number of esters is 1. The Morgan fingerprint density at radius 3 is 2.70 bits per heavy atom. The van der Waals surface area contributed by atoms with Crippen LogP contribution < -0.4 is 9.46 Å². The van der Waals surface area contributed by atoms with Crippen LogP contribution in [0.5, 0.6) is 5.75 Å². The molecule has 0 radical (unpaired) electrons. The molecule has 112 valence electrons. The molecule has 8 heteroatoms. The molecule has 0 aliphatic rings. The molecular formula is C12H16BrNO5S. The van der Waals surface area contributed by atoms with Crippen LogP contribution in [0.4, 0.5) is 5.69 Å². The maximum Gasteiger partial charge on any atom is 0.306 e. The zero-order chi connectivity index (χ0) is 15.2. The third-order valence-electron chi connectivity index (χ3n) is 2.31. The van der Waals surface area contributed by atoms with Gasteiger partial charge in [0.2, 0.25) is 10.0 Å². The number of sulfonamides is 1. The highest BCUT2D eigenvalue weighted by Crippen LogP contribution is 2.28. The van der Waals surface area contributed by atoms with E-state index in [4.69, 9.17) is 4.74 Å². The van der Waals surface area contributed by atoms with E-state index in [9.17, 15) is 13.2 Å². The Hall–Kier alpha value is -1.28. The third-order valence-corrected chi connectivity index (χ3v) is 4.07. The molecule has 0 unspecified atom stereocenters. The highest BCUT2D eigenvalue weighted by atomic mass is 79.9. The minimum atomic E-state index is -3.65. The second kappa shape index (κ2) is 7.49. The normalized spacial score (nSPS) is 10.9. The molecule has 20 heavy (non-hydrogen) atoms. The van der Waals surface area contributed by atoms with Crippen molar-refractivity contribution in [2.45, 2.75) is 13.3 Å². The number of hydrogen-bond acceptors (Lipinski definition) is 5. The van der Waals surface area contributed by atoms with E-state index in [0.29, 0.717) is 15.9 Å². The van der Waals surface area contributed by atoms with Crippen LogP contribution in [0.2, 0.25) is 0 Å². The van der Waals surface area contributed by atoms with E-state index in [1.807, 2.05) is 0 Å². The fourth-order valence-electron chi connectivity index (χ4n) is 1.43. The Bertz CT molecular complexity index is 573. The van der Waals surface area contributed by atoms with Crippen LogP contribution in [0, 0.1) is 0 Å². The zero-order valence-electron chi connectivity index (χ0n) is 11.2. The lowest BCUT2D eigenvalue weighted by atomic mass is 10.3. The predicted molar refractivity (Wildman–Crippen MR) is 79.4 cm³/mol. The lowest BCUT2D eigenvalue weighted by molar-refractivity contribution is -0.142. The van der Waals surface area contributed by atoms with Crippen molar-refractivity contribution in [2.75, 3.05) is 24.2 Å². The molecule has 0 saturated heterocycles. The fraction of sp³-hybridized carbons (Fsp3) is 0.417. The minimum absolute atomic E-state index is 0.195. The molecular weight excluding hydrogens is 350 g/mol. The van der Waals surface area contributed by atoms with Crippen molar-refractivity contribution in [2.24, 2.45) is 0 Å². The van der Waals surface area contributed by atoms with Gasteiger partial charge in [0.25, 0.3) is 0 Å². The predicted octanol–water partition coefficient (Wildman–Crippen LogP) is 2.15. The smallest absolute Gasteiger partial charge is 0.306 e. The lowest BCUT2D eigenvalue weighted by Gasteiger charge is -2.12. The molecule has 0 aliphatic carbocycles. The summed E-state index contributed by atoms with van der Waals surface area (Å²) in [6.45, 7) is 1.89. The first-order valence-corrected chi connectivity index (χ1v) is 8.32. The molecule has 0 heterocycles. The Labute approximate surface area is 126 Å². The van der Waals surface area contributed by atoms with Crippen molar-refractivity contribution >= 4 is 37.6 Å². The summed E-state index contributed by atoms with van der Waals surface area (Å²) in [6, 6.07) is 4.95. The number of anilines is 1. The van der Waals surface area contributed by atoms with Gasteiger partial charge in [-0.25, -0.2) is 8.42 Å². The SMILES string of the molecule is CCOC(=O)CCS(=O)(=O)Nc1cc(Br)ccc1OC. The van der Waals surface area contributed by atoms with E-state index in [1.165, 1.54) is 7.11 Å². The molecule has 1 aromatic carbocycles. The zero-order valence-corrected chi connectivity index (χ0v) is 13.6. The second-order valence-corrected chi connectivity index (χ2v) is 6.58. The van der Waals surface area contributed by atoms with E-state index in [1.54, 1.807) is 25.1 Å². The van der Waals surface area contributed by atoms with Gasteiger partial charge in [0.15, 0.2) is 0 Å². The third kappa shape index (κ3) is 5.38. The van der Waals surface area contributed by atoms with Gasteiger partial charge in [-0.2, -0.15) is 0 Å². The molecule has 1 N–H and O–H groups in total. The number of halogens is 1. The van der Waals surface area contributed by atoms with Crippen LogP contribution in [0.1, 0.15) is 13.3 Å². The number of carbonyl (C=O) groups excluding carboxylic acids is 1. The van der Waals surface area contributed by atoms with E-state index < -0.39 is 16.0 Å². The van der Waals surface area contributed by atoms with Crippen LogP contribution >= 0.6 is 15.9 Å². The van der Waals surface area contributed by atoms with Gasteiger partial charge in [0.1, 0.15) is 5.75 Å². The Kier molecular flexibility index (Phi) is 6.28. The van der Waals surface area contributed by atoms with Gasteiger partial charge in [-0.15, -0.1) is 0 Å². The lowest BCUT2D eigenvalue weighted by Crippen LogP contribution is -2.20. The summed E-state index contributed by atoms with van der Waals surface area (Å²) < 4.78 is 36.7. The summed E-state index contributed by atoms with van der Waals surface area (Å²) in [6.07, 6.45) is -0.195. The maximum atomic E-state index is 11.9. The molecule has 0 amide bonds. The first kappa shape index (κ1) is 16.8. The average molecular weight is 366 g/mol. The van der Waals surface area contributed by atoms with Crippen molar-refractivity contribution < 1.29 is 22.7 Å². The molecule has 1 aromatic rings. The maximum absolute atomic E-state index is 11.9. The Morgan fingerprint density at radius 2 is 2.10 bits per heavy atom. The minimum Gasteiger partial charge on any atom is -0.495 e. The van der Waals surface area contributed by atoms with E-state index in [-0.39, 0.29) is 18.8 Å². The van der Waals surface area contributed by atoms with E-state index in [2.05, 4.69) is 25.4 Å². The average Bonchev–Trinajstić information content (AvgIpc) is 2.37. The molecule has 0 bridgehead atoms. The standard InChI is InChI=1S/C12H16BrNO5S/c1-3-19-12(15)6-7-20(16,17)14-10-8-9(13)4-5-11(10)18-2/h4-5,8,14H,3,6-7H2,1-2H3. The van der Waals surface area contributed by atoms with E-state index in [0.717, 1.165) is 0 Å². The van der Waals surface area contributed by atoms with Gasteiger partial charge in [0.05, 0.1) is 31.6 Å². The second-order valence-electron chi connectivity index (χ2n) is 3.82.